The number of thioether (sulfide) groups is 1. The van der Waals surface area contributed by atoms with Crippen molar-refractivity contribution in [3.63, 3.8) is 0 Å². The van der Waals surface area contributed by atoms with Crippen molar-refractivity contribution >= 4 is 23.2 Å². The van der Waals surface area contributed by atoms with Crippen LogP contribution in [0.15, 0.2) is 71.0 Å². The van der Waals surface area contributed by atoms with E-state index in [4.69, 9.17) is 0 Å². The molecule has 5 heteroatoms. The molecule has 0 aliphatic carbocycles. The summed E-state index contributed by atoms with van der Waals surface area (Å²) in [6, 6.07) is 15.5. The largest absolute Gasteiger partial charge is 0.289 e. The molecule has 0 saturated heterocycles. The van der Waals surface area contributed by atoms with Gasteiger partial charge in [0.05, 0.1) is 10.5 Å². The van der Waals surface area contributed by atoms with Crippen LogP contribution >= 0.6 is 11.8 Å². The summed E-state index contributed by atoms with van der Waals surface area (Å²) in [4.78, 5) is 23.3. The molecule has 0 heterocycles. The molecule has 0 radical (unpaired) electrons. The van der Waals surface area contributed by atoms with Crippen molar-refractivity contribution in [3.05, 3.63) is 81.8 Å². The lowest BCUT2D eigenvalue weighted by molar-refractivity contribution is -0.385. The molecule has 0 bridgehead atoms. The molecule has 20 heavy (non-hydrogen) atoms. The minimum atomic E-state index is -0.550. The van der Waals surface area contributed by atoms with Crippen LogP contribution in [0.5, 0.6) is 0 Å². The van der Waals surface area contributed by atoms with Crippen LogP contribution < -0.4 is 0 Å². The summed E-state index contributed by atoms with van der Waals surface area (Å²) in [5.74, 6) is -0.374. The number of hydrogen-bond acceptors (Lipinski definition) is 4. The zero-order valence-electron chi connectivity index (χ0n) is 10.4. The smallest absolute Gasteiger partial charge is 0.280 e. The molecule has 0 aliphatic heterocycles. The minimum absolute atomic E-state index is 0.0995. The van der Waals surface area contributed by atoms with E-state index >= 15 is 0 Å². The van der Waals surface area contributed by atoms with E-state index in [0.717, 1.165) is 4.90 Å². The van der Waals surface area contributed by atoms with Gasteiger partial charge in [-0.2, -0.15) is 0 Å². The summed E-state index contributed by atoms with van der Waals surface area (Å²) in [6.07, 6.45) is 1.35. The van der Waals surface area contributed by atoms with E-state index in [-0.39, 0.29) is 17.0 Å². The third kappa shape index (κ3) is 3.55. The van der Waals surface area contributed by atoms with E-state index < -0.39 is 4.92 Å². The molecule has 0 atom stereocenters. The molecule has 0 spiro atoms. The highest BCUT2D eigenvalue weighted by molar-refractivity contribution is 8.02. The van der Waals surface area contributed by atoms with Gasteiger partial charge < -0.3 is 0 Å². The van der Waals surface area contributed by atoms with Crippen molar-refractivity contribution in [2.45, 2.75) is 4.90 Å². The number of nitro groups is 1. The van der Waals surface area contributed by atoms with E-state index in [0.29, 0.717) is 0 Å². The zero-order chi connectivity index (χ0) is 14.4. The second-order valence-corrected chi connectivity index (χ2v) is 4.85. The summed E-state index contributed by atoms with van der Waals surface area (Å²) in [5.41, 5.74) is -0.0747. The molecule has 0 aliphatic rings. The highest BCUT2D eigenvalue weighted by atomic mass is 32.2. The van der Waals surface area contributed by atoms with Crippen molar-refractivity contribution in [3.8, 4) is 0 Å². The van der Waals surface area contributed by atoms with Crippen LogP contribution in [0.1, 0.15) is 10.4 Å². The molecule has 0 saturated carbocycles. The van der Waals surface area contributed by atoms with Crippen LogP contribution in [0, 0.1) is 10.1 Å². The highest BCUT2D eigenvalue weighted by Crippen LogP contribution is 2.21. The van der Waals surface area contributed by atoms with Gasteiger partial charge in [0.2, 0.25) is 0 Å². The van der Waals surface area contributed by atoms with Crippen LogP contribution in [0.3, 0.4) is 0 Å². The standard InChI is InChI=1S/C15H11NO3S/c17-15(10-11-20-12-6-2-1-3-7-12)13-8-4-5-9-14(13)16(18)19/h1-11H/b11-10+. The van der Waals surface area contributed by atoms with Crippen LogP contribution in [0.2, 0.25) is 0 Å². The SMILES string of the molecule is O=C(/C=C/Sc1ccccc1)c1ccccc1[N+](=O)[O-]. The van der Waals surface area contributed by atoms with E-state index in [1.807, 2.05) is 30.3 Å². The third-order valence-corrected chi connectivity index (χ3v) is 3.35. The molecular formula is C15H11NO3S. The Morgan fingerprint density at radius 2 is 1.70 bits per heavy atom. The molecule has 2 aromatic carbocycles. The molecular weight excluding hydrogens is 274 g/mol. The average molecular weight is 285 g/mol. The molecule has 0 fully saturated rings. The first-order valence-corrected chi connectivity index (χ1v) is 6.72. The number of carbonyl (C=O) groups excluding carboxylic acids is 1. The Kier molecular flexibility index (Phi) is 4.68. The van der Waals surface area contributed by atoms with E-state index in [1.54, 1.807) is 11.5 Å². The van der Waals surface area contributed by atoms with Gasteiger partial charge >= 0.3 is 0 Å². The first-order valence-electron chi connectivity index (χ1n) is 5.84. The van der Waals surface area contributed by atoms with Gasteiger partial charge in [-0.3, -0.25) is 14.9 Å². The maximum atomic E-state index is 12.0. The highest BCUT2D eigenvalue weighted by Gasteiger charge is 2.16. The molecule has 0 amide bonds. The molecule has 0 unspecified atom stereocenters. The third-order valence-electron chi connectivity index (χ3n) is 2.53. The Bertz CT molecular complexity index is 653. The van der Waals surface area contributed by atoms with Crippen LogP contribution in [0.4, 0.5) is 5.69 Å². The second kappa shape index (κ2) is 6.68. The number of nitro benzene ring substituents is 1. The Balaban J connectivity index is 2.11. The van der Waals surface area contributed by atoms with Gasteiger partial charge in [-0.05, 0) is 29.7 Å². The number of allylic oxidation sites excluding steroid dienone is 1. The second-order valence-electron chi connectivity index (χ2n) is 3.87. The normalized spacial score (nSPS) is 10.6. The van der Waals surface area contributed by atoms with Gasteiger partial charge in [0.25, 0.3) is 5.69 Å². The number of para-hydroxylation sites is 1. The Hall–Kier alpha value is -2.40. The Morgan fingerprint density at radius 3 is 2.40 bits per heavy atom. The number of rotatable bonds is 5. The average Bonchev–Trinajstić information content (AvgIpc) is 2.48. The summed E-state index contributed by atoms with van der Waals surface area (Å²) in [5, 5.41) is 12.5. The van der Waals surface area contributed by atoms with Gasteiger partial charge in [0, 0.05) is 11.0 Å². The lowest BCUT2D eigenvalue weighted by Gasteiger charge is -1.98. The fourth-order valence-electron chi connectivity index (χ4n) is 1.60. The quantitative estimate of drug-likeness (QED) is 0.273. The van der Waals surface area contributed by atoms with Gasteiger partial charge in [0.15, 0.2) is 5.78 Å². The van der Waals surface area contributed by atoms with Crippen molar-refractivity contribution in [1.29, 1.82) is 0 Å². The predicted octanol–water partition coefficient (Wildman–Crippen LogP) is 4.08. The molecule has 4 nitrogen and oxygen atoms in total. The monoisotopic (exact) mass is 285 g/mol. The van der Waals surface area contributed by atoms with E-state index in [2.05, 4.69) is 0 Å². The van der Waals surface area contributed by atoms with E-state index in [9.17, 15) is 14.9 Å². The topological polar surface area (TPSA) is 60.2 Å². The van der Waals surface area contributed by atoms with Crippen LogP contribution in [-0.2, 0) is 0 Å². The summed E-state index contributed by atoms with van der Waals surface area (Å²) in [6.45, 7) is 0. The van der Waals surface area contributed by atoms with Crippen molar-refractivity contribution in [2.24, 2.45) is 0 Å². The molecule has 0 N–H and O–H groups in total. The van der Waals surface area contributed by atoms with Gasteiger partial charge in [0.1, 0.15) is 0 Å². The Morgan fingerprint density at radius 1 is 1.05 bits per heavy atom. The fraction of sp³-hybridized carbons (Fsp3) is 0. The maximum absolute atomic E-state index is 12.0. The number of nitrogens with zero attached hydrogens (tertiary/aromatic N) is 1. The lowest BCUT2D eigenvalue weighted by atomic mass is 10.1. The van der Waals surface area contributed by atoms with Crippen LogP contribution in [-0.4, -0.2) is 10.7 Å². The number of carbonyl (C=O) groups is 1. The summed E-state index contributed by atoms with van der Waals surface area (Å²) >= 11 is 1.39. The molecule has 100 valence electrons. The van der Waals surface area contributed by atoms with Gasteiger partial charge in [-0.15, -0.1) is 0 Å². The molecule has 2 rings (SSSR count). The predicted molar refractivity (Wildman–Crippen MR) is 78.9 cm³/mol. The Labute approximate surface area is 120 Å². The maximum Gasteiger partial charge on any atom is 0.280 e. The van der Waals surface area contributed by atoms with Crippen molar-refractivity contribution in [2.75, 3.05) is 0 Å². The summed E-state index contributed by atoms with van der Waals surface area (Å²) in [7, 11) is 0. The number of ketones is 1. The zero-order valence-corrected chi connectivity index (χ0v) is 11.2. The lowest BCUT2D eigenvalue weighted by Crippen LogP contribution is -2.00. The van der Waals surface area contributed by atoms with Gasteiger partial charge in [-0.25, -0.2) is 0 Å². The first-order chi connectivity index (χ1) is 9.68. The number of hydrogen-bond donors (Lipinski definition) is 0. The number of benzene rings is 2. The first kappa shape index (κ1) is 14.0. The minimum Gasteiger partial charge on any atom is -0.289 e. The van der Waals surface area contributed by atoms with Crippen molar-refractivity contribution in [1.82, 2.24) is 0 Å². The van der Waals surface area contributed by atoms with E-state index in [1.165, 1.54) is 36.0 Å². The van der Waals surface area contributed by atoms with Crippen molar-refractivity contribution < 1.29 is 9.72 Å². The fourth-order valence-corrected chi connectivity index (χ4v) is 2.27. The summed E-state index contributed by atoms with van der Waals surface area (Å²) < 4.78 is 0. The van der Waals surface area contributed by atoms with Gasteiger partial charge in [-0.1, -0.05) is 42.1 Å². The molecule has 0 aromatic heterocycles. The van der Waals surface area contributed by atoms with Crippen LogP contribution in [0.25, 0.3) is 0 Å². The molecule has 2 aromatic rings.